The number of imidazole rings is 1. The average molecular weight is 423 g/mol. The number of rotatable bonds is 6. The Hall–Kier alpha value is -3.35. The lowest BCUT2D eigenvalue weighted by atomic mass is 10.1. The first-order valence-corrected chi connectivity index (χ1v) is 10.3. The number of nitrogens with zero attached hydrogens (tertiary/aromatic N) is 3. The van der Waals surface area contributed by atoms with Crippen LogP contribution in [0, 0.1) is 12.7 Å². The molecule has 1 amide bonds. The van der Waals surface area contributed by atoms with Gasteiger partial charge < -0.3 is 18.9 Å². The van der Waals surface area contributed by atoms with E-state index in [4.69, 9.17) is 9.47 Å². The number of aromatic nitrogens is 2. The fourth-order valence-corrected chi connectivity index (χ4v) is 4.10. The van der Waals surface area contributed by atoms with Crippen molar-refractivity contribution in [2.45, 2.75) is 32.4 Å². The molecule has 0 aliphatic carbocycles. The van der Waals surface area contributed by atoms with E-state index < -0.39 is 0 Å². The zero-order valence-corrected chi connectivity index (χ0v) is 18.0. The van der Waals surface area contributed by atoms with Crippen LogP contribution in [0.15, 0.2) is 48.7 Å². The number of amides is 1. The average Bonchev–Trinajstić information content (AvgIpc) is 3.41. The third-order valence-corrected chi connectivity index (χ3v) is 5.75. The van der Waals surface area contributed by atoms with Gasteiger partial charge in [-0.1, -0.05) is 12.1 Å². The highest BCUT2D eigenvalue weighted by Crippen LogP contribution is 2.34. The second kappa shape index (κ2) is 8.79. The van der Waals surface area contributed by atoms with Crippen molar-refractivity contribution in [3.63, 3.8) is 0 Å². The van der Waals surface area contributed by atoms with E-state index in [9.17, 15) is 9.18 Å². The van der Waals surface area contributed by atoms with Crippen molar-refractivity contribution in [2.24, 2.45) is 0 Å². The minimum Gasteiger partial charge on any atom is -0.497 e. The number of carbonyl (C=O) groups excluding carboxylic acids is 1. The molecule has 1 fully saturated rings. The number of likely N-dealkylation sites (tertiary alicyclic amines) is 1. The van der Waals surface area contributed by atoms with Gasteiger partial charge in [0.25, 0.3) is 5.91 Å². The first-order valence-electron chi connectivity index (χ1n) is 10.3. The summed E-state index contributed by atoms with van der Waals surface area (Å²) < 4.78 is 26.1. The minimum atomic E-state index is -0.257. The molecule has 1 saturated heterocycles. The zero-order valence-electron chi connectivity index (χ0n) is 18.0. The molecule has 0 radical (unpaired) electrons. The Morgan fingerprint density at radius 1 is 1.13 bits per heavy atom. The normalized spacial score (nSPS) is 15.9. The van der Waals surface area contributed by atoms with Crippen LogP contribution >= 0.6 is 0 Å². The first-order chi connectivity index (χ1) is 15.0. The van der Waals surface area contributed by atoms with Gasteiger partial charge in [0.15, 0.2) is 0 Å². The fourth-order valence-electron chi connectivity index (χ4n) is 4.10. The van der Waals surface area contributed by atoms with Crippen LogP contribution in [-0.2, 0) is 6.54 Å². The van der Waals surface area contributed by atoms with Crippen LogP contribution < -0.4 is 9.47 Å². The molecular formula is C24H26FN3O3. The Morgan fingerprint density at radius 3 is 2.45 bits per heavy atom. The predicted octanol–water partition coefficient (Wildman–Crippen LogP) is 4.37. The van der Waals surface area contributed by atoms with E-state index in [0.29, 0.717) is 30.2 Å². The maximum absolute atomic E-state index is 13.4. The Kier molecular flexibility index (Phi) is 5.93. The molecule has 0 N–H and O–H groups in total. The summed E-state index contributed by atoms with van der Waals surface area (Å²) in [7, 11) is 3.13. The molecule has 1 aliphatic heterocycles. The molecule has 1 atom stereocenters. The lowest BCUT2D eigenvalue weighted by Crippen LogP contribution is -2.32. The molecule has 4 rings (SSSR count). The third-order valence-electron chi connectivity index (χ3n) is 5.75. The van der Waals surface area contributed by atoms with E-state index in [1.807, 2.05) is 18.0 Å². The molecule has 3 aromatic rings. The summed E-state index contributed by atoms with van der Waals surface area (Å²) in [6.07, 6.45) is 3.57. The molecule has 1 aromatic heterocycles. The summed E-state index contributed by atoms with van der Waals surface area (Å²) >= 11 is 0. The fraction of sp³-hybridized carbons (Fsp3) is 0.333. The molecule has 0 saturated carbocycles. The standard InChI is InChI=1S/C24H26FN3O3/c1-16-14-26-23(28(16)15-17-6-8-19(25)9-7-17)22-5-4-10-27(22)24(29)18-11-20(30-2)13-21(12-18)31-3/h6-9,11-14,22H,4-5,10,15H2,1-3H3. The molecular weight excluding hydrogens is 397 g/mol. The van der Waals surface area contributed by atoms with Crippen molar-refractivity contribution in [2.75, 3.05) is 20.8 Å². The van der Waals surface area contributed by atoms with Crippen molar-refractivity contribution in [1.29, 1.82) is 0 Å². The Morgan fingerprint density at radius 2 is 1.81 bits per heavy atom. The number of benzene rings is 2. The SMILES string of the molecule is COc1cc(OC)cc(C(=O)N2CCCC2c2ncc(C)n2Cc2ccc(F)cc2)c1. The second-order valence-corrected chi connectivity index (χ2v) is 7.73. The summed E-state index contributed by atoms with van der Waals surface area (Å²) in [4.78, 5) is 19.9. The van der Waals surface area contributed by atoms with E-state index in [1.54, 1.807) is 44.6 Å². The quantitative estimate of drug-likeness (QED) is 0.591. The highest BCUT2D eigenvalue weighted by atomic mass is 19.1. The lowest BCUT2D eigenvalue weighted by Gasteiger charge is -2.26. The van der Waals surface area contributed by atoms with Crippen LogP contribution in [0.1, 0.15) is 46.3 Å². The summed E-state index contributed by atoms with van der Waals surface area (Å²) in [6, 6.07) is 11.6. The smallest absolute Gasteiger partial charge is 0.254 e. The third kappa shape index (κ3) is 4.26. The van der Waals surface area contributed by atoms with Crippen LogP contribution in [0.5, 0.6) is 11.5 Å². The summed E-state index contributed by atoms with van der Waals surface area (Å²) in [5.41, 5.74) is 2.51. The molecule has 0 bridgehead atoms. The molecule has 0 spiro atoms. The molecule has 7 heteroatoms. The van der Waals surface area contributed by atoms with Crippen molar-refractivity contribution in [3.05, 3.63) is 77.1 Å². The zero-order chi connectivity index (χ0) is 22.0. The Labute approximate surface area is 181 Å². The van der Waals surface area contributed by atoms with Gasteiger partial charge in [0.1, 0.15) is 23.1 Å². The Balaban J connectivity index is 1.63. The predicted molar refractivity (Wildman–Crippen MR) is 115 cm³/mol. The molecule has 31 heavy (non-hydrogen) atoms. The minimum absolute atomic E-state index is 0.0753. The summed E-state index contributed by atoms with van der Waals surface area (Å²) in [5.74, 6) is 1.67. The van der Waals surface area contributed by atoms with E-state index in [-0.39, 0.29) is 17.8 Å². The molecule has 2 aromatic carbocycles. The topological polar surface area (TPSA) is 56.6 Å². The summed E-state index contributed by atoms with van der Waals surface area (Å²) in [5, 5.41) is 0. The van der Waals surface area contributed by atoms with E-state index in [1.165, 1.54) is 12.1 Å². The monoisotopic (exact) mass is 423 g/mol. The van der Waals surface area contributed by atoms with Gasteiger partial charge in [-0.25, -0.2) is 9.37 Å². The molecule has 6 nitrogen and oxygen atoms in total. The van der Waals surface area contributed by atoms with E-state index in [0.717, 1.165) is 29.9 Å². The lowest BCUT2D eigenvalue weighted by molar-refractivity contribution is 0.0727. The van der Waals surface area contributed by atoms with E-state index >= 15 is 0 Å². The van der Waals surface area contributed by atoms with Gasteiger partial charge in [-0.05, 0) is 49.6 Å². The van der Waals surface area contributed by atoms with Gasteiger partial charge in [-0.15, -0.1) is 0 Å². The van der Waals surface area contributed by atoms with Crippen molar-refractivity contribution < 1.29 is 18.7 Å². The van der Waals surface area contributed by atoms with Crippen LogP contribution in [0.3, 0.4) is 0 Å². The summed E-state index contributed by atoms with van der Waals surface area (Å²) in [6.45, 7) is 3.23. The largest absolute Gasteiger partial charge is 0.497 e. The van der Waals surface area contributed by atoms with Crippen molar-refractivity contribution in [1.82, 2.24) is 14.5 Å². The van der Waals surface area contributed by atoms with Gasteiger partial charge >= 0.3 is 0 Å². The van der Waals surface area contributed by atoms with Crippen molar-refractivity contribution >= 4 is 5.91 Å². The van der Waals surface area contributed by atoms with Gasteiger partial charge in [-0.2, -0.15) is 0 Å². The van der Waals surface area contributed by atoms with Crippen LogP contribution in [0.4, 0.5) is 4.39 Å². The van der Waals surface area contributed by atoms with Gasteiger partial charge in [-0.3, -0.25) is 4.79 Å². The second-order valence-electron chi connectivity index (χ2n) is 7.73. The Bertz CT molecular complexity index is 1060. The number of hydrogen-bond acceptors (Lipinski definition) is 4. The molecule has 2 heterocycles. The van der Waals surface area contributed by atoms with Crippen LogP contribution in [0.25, 0.3) is 0 Å². The van der Waals surface area contributed by atoms with E-state index in [2.05, 4.69) is 9.55 Å². The van der Waals surface area contributed by atoms with Gasteiger partial charge in [0, 0.05) is 36.6 Å². The first kappa shape index (κ1) is 20.9. The molecule has 1 aliphatic rings. The van der Waals surface area contributed by atoms with Crippen LogP contribution in [-0.4, -0.2) is 41.1 Å². The maximum atomic E-state index is 13.4. The van der Waals surface area contributed by atoms with Crippen LogP contribution in [0.2, 0.25) is 0 Å². The highest BCUT2D eigenvalue weighted by Gasteiger charge is 2.34. The molecule has 1 unspecified atom stereocenters. The highest BCUT2D eigenvalue weighted by molar-refractivity contribution is 5.95. The number of aryl methyl sites for hydroxylation is 1. The number of halogens is 1. The maximum Gasteiger partial charge on any atom is 0.254 e. The molecule has 162 valence electrons. The number of carbonyl (C=O) groups is 1. The van der Waals surface area contributed by atoms with Gasteiger partial charge in [0.2, 0.25) is 0 Å². The number of hydrogen-bond donors (Lipinski definition) is 0. The number of ether oxygens (including phenoxy) is 2. The number of methoxy groups -OCH3 is 2. The van der Waals surface area contributed by atoms with Gasteiger partial charge in [0.05, 0.1) is 20.3 Å². The van der Waals surface area contributed by atoms with Crippen molar-refractivity contribution in [3.8, 4) is 11.5 Å².